The molecule has 0 saturated heterocycles. The van der Waals surface area contributed by atoms with Crippen LogP contribution in [0.5, 0.6) is 0 Å². The molecule has 1 aromatic heterocycles. The lowest BCUT2D eigenvalue weighted by Crippen LogP contribution is -2.34. The van der Waals surface area contributed by atoms with E-state index in [9.17, 15) is 19.2 Å². The van der Waals surface area contributed by atoms with Crippen molar-refractivity contribution in [3.63, 3.8) is 0 Å². The fraction of sp³-hybridized carbons (Fsp3) is 0.160. The smallest absolute Gasteiger partial charge is 0.338 e. The Kier molecular flexibility index (Phi) is 8.89. The molecule has 0 unspecified atom stereocenters. The third-order valence-electron chi connectivity index (χ3n) is 4.55. The van der Waals surface area contributed by atoms with E-state index in [1.54, 1.807) is 19.1 Å². The number of hydrazone groups is 1. The summed E-state index contributed by atoms with van der Waals surface area (Å²) in [6, 6.07) is 18.4. The highest BCUT2D eigenvalue weighted by Crippen LogP contribution is 2.11. The van der Waals surface area contributed by atoms with Gasteiger partial charge in [0.2, 0.25) is 5.91 Å². The Bertz CT molecular complexity index is 1200. The van der Waals surface area contributed by atoms with E-state index in [2.05, 4.69) is 21.2 Å². The largest absolute Gasteiger partial charge is 0.462 e. The highest BCUT2D eigenvalue weighted by Gasteiger charge is 2.15. The van der Waals surface area contributed by atoms with Crippen LogP contribution in [0.15, 0.2) is 76.2 Å². The summed E-state index contributed by atoms with van der Waals surface area (Å²) in [5.41, 5.74) is 3.97. The van der Waals surface area contributed by atoms with Crippen LogP contribution in [0.25, 0.3) is 0 Å². The van der Waals surface area contributed by atoms with E-state index in [1.165, 1.54) is 30.5 Å². The van der Waals surface area contributed by atoms with Crippen LogP contribution in [0.2, 0.25) is 0 Å². The maximum atomic E-state index is 12.1. The number of rotatable bonds is 9. The summed E-state index contributed by atoms with van der Waals surface area (Å²) in [6.45, 7) is 1.94. The predicted molar refractivity (Wildman–Crippen MR) is 127 cm³/mol. The molecule has 3 rings (SSSR count). The number of hydrogen-bond acceptors (Lipinski definition) is 7. The summed E-state index contributed by atoms with van der Waals surface area (Å²) < 4.78 is 10.4. The number of amides is 3. The van der Waals surface area contributed by atoms with Crippen LogP contribution < -0.4 is 16.1 Å². The van der Waals surface area contributed by atoms with Crippen molar-refractivity contribution in [2.24, 2.45) is 5.10 Å². The summed E-state index contributed by atoms with van der Waals surface area (Å²) in [5, 5.41) is 8.74. The molecule has 0 atom stereocenters. The minimum Gasteiger partial charge on any atom is -0.462 e. The van der Waals surface area contributed by atoms with Gasteiger partial charge in [-0.25, -0.2) is 10.2 Å². The highest BCUT2D eigenvalue weighted by atomic mass is 16.5. The molecule has 3 amide bonds. The van der Waals surface area contributed by atoms with E-state index in [0.29, 0.717) is 22.8 Å². The van der Waals surface area contributed by atoms with Crippen LogP contribution in [-0.2, 0) is 32.1 Å². The molecule has 0 aliphatic rings. The molecule has 0 radical (unpaired) electrons. The molecule has 180 valence electrons. The summed E-state index contributed by atoms with van der Waals surface area (Å²) in [5.74, 6) is -1.72. The number of anilines is 1. The van der Waals surface area contributed by atoms with Crippen molar-refractivity contribution in [1.82, 2.24) is 10.7 Å². The van der Waals surface area contributed by atoms with Crippen molar-refractivity contribution in [2.45, 2.75) is 19.9 Å². The predicted octanol–water partition coefficient (Wildman–Crippen LogP) is 2.40. The minimum absolute atomic E-state index is 0.0255. The number of hydrogen-bond donors (Lipinski definition) is 3. The molecule has 35 heavy (non-hydrogen) atoms. The zero-order valence-corrected chi connectivity index (χ0v) is 18.9. The van der Waals surface area contributed by atoms with Gasteiger partial charge < -0.3 is 19.8 Å². The number of nitrogens with zero attached hydrogens (tertiary/aromatic N) is 1. The number of nitrogens with one attached hydrogen (secondary N) is 3. The average molecular weight is 476 g/mol. The molecule has 0 fully saturated rings. The fourth-order valence-corrected chi connectivity index (χ4v) is 2.89. The first-order valence-electron chi connectivity index (χ1n) is 10.8. The molecule has 0 bridgehead atoms. The second kappa shape index (κ2) is 12.5. The second-order valence-electron chi connectivity index (χ2n) is 7.19. The SMILES string of the molecule is CCOC(=O)c1ccc(NC(=O)C(=O)NCc2ccc(/C=N\NC(=O)Cc3ccccc3)o2)cc1. The first-order chi connectivity index (χ1) is 16.9. The molecule has 0 aliphatic heterocycles. The average Bonchev–Trinajstić information content (AvgIpc) is 3.31. The highest BCUT2D eigenvalue weighted by molar-refractivity contribution is 6.39. The van der Waals surface area contributed by atoms with E-state index < -0.39 is 17.8 Å². The molecule has 1 heterocycles. The molecule has 0 aliphatic carbocycles. The monoisotopic (exact) mass is 476 g/mol. The Labute approximate surface area is 201 Å². The van der Waals surface area contributed by atoms with Crippen LogP contribution in [0, 0.1) is 0 Å². The fourth-order valence-electron chi connectivity index (χ4n) is 2.89. The zero-order valence-electron chi connectivity index (χ0n) is 18.9. The summed E-state index contributed by atoms with van der Waals surface area (Å²) in [7, 11) is 0. The van der Waals surface area contributed by atoms with E-state index in [4.69, 9.17) is 9.15 Å². The summed E-state index contributed by atoms with van der Waals surface area (Å²) >= 11 is 0. The number of benzene rings is 2. The van der Waals surface area contributed by atoms with Gasteiger partial charge in [-0.15, -0.1) is 0 Å². The van der Waals surface area contributed by atoms with Crippen molar-refractivity contribution >= 4 is 35.6 Å². The van der Waals surface area contributed by atoms with Crippen molar-refractivity contribution in [1.29, 1.82) is 0 Å². The van der Waals surface area contributed by atoms with Crippen molar-refractivity contribution in [3.05, 3.63) is 89.4 Å². The number of furan rings is 1. The van der Waals surface area contributed by atoms with Gasteiger partial charge in [-0.2, -0.15) is 5.10 Å². The Balaban J connectivity index is 1.42. The standard InChI is InChI=1S/C25H24N4O6/c1-2-34-25(33)18-8-10-19(11-9-18)28-24(32)23(31)26-15-20-12-13-21(35-20)16-27-29-22(30)14-17-6-4-3-5-7-17/h3-13,16H,2,14-15H2,1H3,(H,26,31)(H,28,32)(H,29,30)/b27-16-. The van der Waals surface area contributed by atoms with Crippen LogP contribution in [0.3, 0.4) is 0 Å². The topological polar surface area (TPSA) is 139 Å². The first-order valence-corrected chi connectivity index (χ1v) is 10.8. The van der Waals surface area contributed by atoms with Crippen LogP contribution >= 0.6 is 0 Å². The van der Waals surface area contributed by atoms with E-state index in [0.717, 1.165) is 5.56 Å². The van der Waals surface area contributed by atoms with Gasteiger partial charge in [0, 0.05) is 5.69 Å². The number of carbonyl (C=O) groups is 4. The lowest BCUT2D eigenvalue weighted by molar-refractivity contribution is -0.136. The van der Waals surface area contributed by atoms with Crippen LogP contribution in [0.1, 0.15) is 34.4 Å². The number of carbonyl (C=O) groups excluding carboxylic acids is 4. The maximum absolute atomic E-state index is 12.1. The Hall–Kier alpha value is -4.73. The van der Waals surface area contributed by atoms with Gasteiger partial charge in [-0.3, -0.25) is 14.4 Å². The van der Waals surface area contributed by atoms with Gasteiger partial charge in [-0.1, -0.05) is 30.3 Å². The number of esters is 1. The summed E-state index contributed by atoms with van der Waals surface area (Å²) in [6.07, 6.45) is 1.53. The van der Waals surface area contributed by atoms with Crippen molar-refractivity contribution in [2.75, 3.05) is 11.9 Å². The summed E-state index contributed by atoms with van der Waals surface area (Å²) in [4.78, 5) is 47.7. The molecule has 2 aromatic carbocycles. The van der Waals surface area contributed by atoms with E-state index >= 15 is 0 Å². The van der Waals surface area contributed by atoms with Gasteiger partial charge in [0.1, 0.15) is 11.5 Å². The molecule has 10 heteroatoms. The van der Waals surface area contributed by atoms with Crippen LogP contribution in [0.4, 0.5) is 5.69 Å². The molecule has 0 spiro atoms. The van der Waals surface area contributed by atoms with Gasteiger partial charge in [0.15, 0.2) is 0 Å². The van der Waals surface area contributed by atoms with Gasteiger partial charge in [-0.05, 0) is 48.9 Å². The lowest BCUT2D eigenvalue weighted by atomic mass is 10.1. The van der Waals surface area contributed by atoms with Gasteiger partial charge in [0.05, 0.1) is 31.4 Å². The maximum Gasteiger partial charge on any atom is 0.338 e. The Morgan fingerprint density at radius 3 is 2.40 bits per heavy atom. The zero-order chi connectivity index (χ0) is 25.0. The first kappa shape index (κ1) is 24.9. The third kappa shape index (κ3) is 7.97. The molecule has 10 nitrogen and oxygen atoms in total. The molecule has 3 N–H and O–H groups in total. The molecular weight excluding hydrogens is 452 g/mol. The number of ether oxygens (including phenoxy) is 1. The Morgan fingerprint density at radius 1 is 0.943 bits per heavy atom. The molecular formula is C25H24N4O6. The second-order valence-corrected chi connectivity index (χ2v) is 7.19. The Morgan fingerprint density at radius 2 is 1.69 bits per heavy atom. The van der Waals surface area contributed by atoms with Crippen molar-refractivity contribution in [3.8, 4) is 0 Å². The van der Waals surface area contributed by atoms with E-state index in [1.807, 2.05) is 30.3 Å². The van der Waals surface area contributed by atoms with Gasteiger partial charge in [0.25, 0.3) is 0 Å². The minimum atomic E-state index is -0.872. The lowest BCUT2D eigenvalue weighted by Gasteiger charge is -2.06. The molecule has 3 aromatic rings. The van der Waals surface area contributed by atoms with E-state index in [-0.39, 0.29) is 25.5 Å². The van der Waals surface area contributed by atoms with Crippen LogP contribution in [-0.4, -0.2) is 36.5 Å². The van der Waals surface area contributed by atoms with Crippen molar-refractivity contribution < 1.29 is 28.3 Å². The van der Waals surface area contributed by atoms with Gasteiger partial charge >= 0.3 is 17.8 Å². The normalized spacial score (nSPS) is 10.5. The quantitative estimate of drug-likeness (QED) is 0.188. The molecule has 0 saturated carbocycles. The third-order valence-corrected chi connectivity index (χ3v) is 4.55.